The van der Waals surface area contributed by atoms with E-state index >= 15 is 0 Å². The highest BCUT2D eigenvalue weighted by atomic mass is 16.2. The fourth-order valence-corrected chi connectivity index (χ4v) is 4.03. The number of nitrogens with two attached hydrogens (primary N) is 1. The van der Waals surface area contributed by atoms with Crippen molar-refractivity contribution in [3.05, 3.63) is 29.3 Å². The van der Waals surface area contributed by atoms with Crippen LogP contribution in [0.2, 0.25) is 0 Å². The molecular weight excluding hydrogens is 366 g/mol. The van der Waals surface area contributed by atoms with Crippen molar-refractivity contribution in [1.82, 2.24) is 19.6 Å². The van der Waals surface area contributed by atoms with Gasteiger partial charge in [-0.15, -0.1) is 0 Å². The van der Waals surface area contributed by atoms with E-state index in [0.29, 0.717) is 30.9 Å². The molecule has 3 rings (SSSR count). The molecule has 0 unspecified atom stereocenters. The van der Waals surface area contributed by atoms with Gasteiger partial charge in [0.1, 0.15) is 0 Å². The van der Waals surface area contributed by atoms with Gasteiger partial charge in [0.15, 0.2) is 0 Å². The summed E-state index contributed by atoms with van der Waals surface area (Å²) in [6.45, 7) is 12.1. The Kier molecular flexibility index (Phi) is 7.50. The van der Waals surface area contributed by atoms with E-state index in [1.54, 1.807) is 6.07 Å². The maximum atomic E-state index is 12.8. The normalized spacial score (nSPS) is 18.8. The van der Waals surface area contributed by atoms with E-state index in [-0.39, 0.29) is 11.8 Å². The third kappa shape index (κ3) is 5.70. The first-order chi connectivity index (χ1) is 14.0. The van der Waals surface area contributed by atoms with Crippen LogP contribution in [0.1, 0.15) is 35.7 Å². The standard InChI is InChI=1S/C22H35N5O2/c1-3-4-7-24-8-12-26(13-9-24)21(28)17-25-10-14-27(15-11-25)22(29)19-16-18(2)5-6-20(19)23/h5-6,16H,3-4,7-15,17,23H2,1-2H3. The van der Waals surface area contributed by atoms with Gasteiger partial charge >= 0.3 is 0 Å². The molecule has 2 heterocycles. The van der Waals surface area contributed by atoms with E-state index in [0.717, 1.165) is 51.4 Å². The van der Waals surface area contributed by atoms with E-state index in [9.17, 15) is 9.59 Å². The smallest absolute Gasteiger partial charge is 0.256 e. The number of nitrogens with zero attached hydrogens (tertiary/aromatic N) is 4. The SMILES string of the molecule is CCCCN1CCN(C(=O)CN2CCN(C(=O)c3cc(C)ccc3N)CC2)CC1. The van der Waals surface area contributed by atoms with Crippen LogP contribution in [0.25, 0.3) is 0 Å². The molecule has 0 saturated carbocycles. The lowest BCUT2D eigenvalue weighted by Gasteiger charge is -2.38. The molecule has 0 atom stereocenters. The fraction of sp³-hybridized carbons (Fsp3) is 0.636. The molecule has 160 valence electrons. The van der Waals surface area contributed by atoms with Gasteiger partial charge in [0, 0.05) is 58.0 Å². The van der Waals surface area contributed by atoms with Gasteiger partial charge in [-0.05, 0) is 32.0 Å². The Morgan fingerprint density at radius 3 is 2.21 bits per heavy atom. The third-order valence-electron chi connectivity index (χ3n) is 6.01. The summed E-state index contributed by atoms with van der Waals surface area (Å²) in [5.41, 5.74) is 8.13. The second kappa shape index (κ2) is 10.1. The lowest BCUT2D eigenvalue weighted by molar-refractivity contribution is -0.134. The molecule has 7 heteroatoms. The number of nitrogen functional groups attached to an aromatic ring is 1. The largest absolute Gasteiger partial charge is 0.398 e. The molecule has 2 saturated heterocycles. The van der Waals surface area contributed by atoms with Gasteiger partial charge in [0.25, 0.3) is 5.91 Å². The average Bonchev–Trinajstić information content (AvgIpc) is 2.74. The molecule has 2 N–H and O–H groups in total. The van der Waals surface area contributed by atoms with Gasteiger partial charge < -0.3 is 15.5 Å². The molecule has 1 aromatic rings. The fourth-order valence-electron chi connectivity index (χ4n) is 4.03. The number of carbonyl (C=O) groups excluding carboxylic acids is 2. The van der Waals surface area contributed by atoms with Crippen LogP contribution in [0.15, 0.2) is 18.2 Å². The number of amides is 2. The van der Waals surface area contributed by atoms with Crippen LogP contribution in [-0.4, -0.2) is 96.9 Å². The van der Waals surface area contributed by atoms with Crippen LogP contribution in [0, 0.1) is 6.92 Å². The van der Waals surface area contributed by atoms with Crippen molar-refractivity contribution in [3.63, 3.8) is 0 Å². The van der Waals surface area contributed by atoms with Crippen molar-refractivity contribution in [2.45, 2.75) is 26.7 Å². The highest BCUT2D eigenvalue weighted by molar-refractivity contribution is 5.99. The van der Waals surface area contributed by atoms with Crippen molar-refractivity contribution in [1.29, 1.82) is 0 Å². The highest BCUT2D eigenvalue weighted by Gasteiger charge is 2.27. The van der Waals surface area contributed by atoms with Gasteiger partial charge in [-0.25, -0.2) is 0 Å². The molecule has 0 aromatic heterocycles. The summed E-state index contributed by atoms with van der Waals surface area (Å²) in [5.74, 6) is 0.197. The average molecular weight is 402 g/mol. The zero-order valence-corrected chi connectivity index (χ0v) is 17.9. The molecule has 0 aliphatic carbocycles. The lowest BCUT2D eigenvalue weighted by Crippen LogP contribution is -2.54. The van der Waals surface area contributed by atoms with E-state index in [4.69, 9.17) is 5.73 Å². The second-order valence-electron chi connectivity index (χ2n) is 8.24. The van der Waals surface area contributed by atoms with Crippen molar-refractivity contribution >= 4 is 17.5 Å². The molecule has 0 radical (unpaired) electrons. The summed E-state index contributed by atoms with van der Waals surface area (Å²) in [7, 11) is 0. The van der Waals surface area contributed by atoms with Crippen LogP contribution >= 0.6 is 0 Å². The summed E-state index contributed by atoms with van der Waals surface area (Å²) in [5, 5.41) is 0. The number of benzene rings is 1. The molecule has 2 fully saturated rings. The van der Waals surface area contributed by atoms with Crippen LogP contribution < -0.4 is 5.73 Å². The first-order valence-electron chi connectivity index (χ1n) is 10.9. The van der Waals surface area contributed by atoms with Crippen LogP contribution in [0.4, 0.5) is 5.69 Å². The molecular formula is C22H35N5O2. The number of hydrogen-bond donors (Lipinski definition) is 1. The Labute approximate surface area is 174 Å². The number of aryl methyl sites for hydroxylation is 1. The number of carbonyl (C=O) groups is 2. The van der Waals surface area contributed by atoms with E-state index < -0.39 is 0 Å². The van der Waals surface area contributed by atoms with Gasteiger partial charge in [-0.1, -0.05) is 25.0 Å². The highest BCUT2D eigenvalue weighted by Crippen LogP contribution is 2.17. The maximum absolute atomic E-state index is 12.8. The molecule has 2 amide bonds. The van der Waals surface area contributed by atoms with Gasteiger partial charge in [0.2, 0.25) is 5.91 Å². The zero-order valence-electron chi connectivity index (χ0n) is 17.9. The number of unbranched alkanes of at least 4 members (excludes halogenated alkanes) is 1. The summed E-state index contributed by atoms with van der Waals surface area (Å²) >= 11 is 0. The van der Waals surface area contributed by atoms with Crippen LogP contribution in [0.5, 0.6) is 0 Å². The van der Waals surface area contributed by atoms with Gasteiger partial charge in [0.05, 0.1) is 12.1 Å². The number of anilines is 1. The molecule has 0 bridgehead atoms. The Balaban J connectivity index is 1.43. The first-order valence-corrected chi connectivity index (χ1v) is 10.9. The molecule has 0 spiro atoms. The number of piperazine rings is 2. The summed E-state index contributed by atoms with van der Waals surface area (Å²) < 4.78 is 0. The van der Waals surface area contributed by atoms with Crippen molar-refractivity contribution in [2.24, 2.45) is 0 Å². The summed E-state index contributed by atoms with van der Waals surface area (Å²) in [6.07, 6.45) is 2.44. The monoisotopic (exact) mass is 401 g/mol. The predicted octanol–water partition coefficient (Wildman–Crippen LogP) is 1.28. The Bertz CT molecular complexity index is 707. The lowest BCUT2D eigenvalue weighted by atomic mass is 10.1. The molecule has 2 aliphatic rings. The first kappa shape index (κ1) is 21.6. The molecule has 29 heavy (non-hydrogen) atoms. The number of hydrogen-bond acceptors (Lipinski definition) is 5. The summed E-state index contributed by atoms with van der Waals surface area (Å²) in [4.78, 5) is 33.9. The topological polar surface area (TPSA) is 73.1 Å². The maximum Gasteiger partial charge on any atom is 0.256 e. The Morgan fingerprint density at radius 2 is 1.55 bits per heavy atom. The minimum atomic E-state index is -0.0135. The Hall–Kier alpha value is -2.12. The van der Waals surface area contributed by atoms with Crippen molar-refractivity contribution in [3.8, 4) is 0 Å². The van der Waals surface area contributed by atoms with E-state index in [2.05, 4.69) is 16.7 Å². The van der Waals surface area contributed by atoms with E-state index in [1.807, 2.05) is 28.9 Å². The minimum absolute atomic E-state index is 0.0135. The van der Waals surface area contributed by atoms with E-state index in [1.165, 1.54) is 12.8 Å². The summed E-state index contributed by atoms with van der Waals surface area (Å²) in [6, 6.07) is 5.56. The molecule has 7 nitrogen and oxygen atoms in total. The molecule has 1 aromatic carbocycles. The van der Waals surface area contributed by atoms with Gasteiger partial charge in [-0.2, -0.15) is 0 Å². The predicted molar refractivity (Wildman–Crippen MR) is 116 cm³/mol. The minimum Gasteiger partial charge on any atom is -0.398 e. The van der Waals surface area contributed by atoms with Gasteiger partial charge in [-0.3, -0.25) is 19.4 Å². The second-order valence-corrected chi connectivity index (χ2v) is 8.24. The third-order valence-corrected chi connectivity index (χ3v) is 6.01. The van der Waals surface area contributed by atoms with Crippen molar-refractivity contribution in [2.75, 3.05) is 71.2 Å². The Morgan fingerprint density at radius 1 is 0.931 bits per heavy atom. The zero-order chi connectivity index (χ0) is 20.8. The van der Waals surface area contributed by atoms with Crippen molar-refractivity contribution < 1.29 is 9.59 Å². The van der Waals surface area contributed by atoms with Crippen LogP contribution in [-0.2, 0) is 4.79 Å². The quantitative estimate of drug-likeness (QED) is 0.727. The number of rotatable bonds is 6. The molecule has 2 aliphatic heterocycles. The van der Waals surface area contributed by atoms with Crippen LogP contribution in [0.3, 0.4) is 0 Å².